The summed E-state index contributed by atoms with van der Waals surface area (Å²) in [5.74, 6) is 4.62. The quantitative estimate of drug-likeness (QED) is 0.0999. The number of ether oxygens (including phenoxy) is 2. The number of fused-ring (bicyclic) bond motifs is 7. The first-order chi connectivity index (χ1) is 31.2. The minimum absolute atomic E-state index is 0.0902. The molecule has 6 fully saturated rings. The van der Waals surface area contributed by atoms with Crippen LogP contribution in [0.1, 0.15) is 116 Å². The Morgan fingerprint density at radius 1 is 0.908 bits per heavy atom. The number of carbonyl (C=O) groups is 2. The molecular formula is C56H79N5O4. The number of nitrogens with two attached hydrogens (primary N) is 1. The van der Waals surface area contributed by atoms with Gasteiger partial charge in [-0.2, -0.15) is 0 Å². The lowest BCUT2D eigenvalue weighted by Gasteiger charge is -2.67. The van der Waals surface area contributed by atoms with Crippen LogP contribution in [0.15, 0.2) is 91.9 Å². The molecule has 3 N–H and O–H groups in total. The molecule has 1 aromatic heterocycles. The zero-order valence-corrected chi connectivity index (χ0v) is 40.5. The summed E-state index contributed by atoms with van der Waals surface area (Å²) in [5, 5.41) is 3.49. The van der Waals surface area contributed by atoms with Gasteiger partial charge in [-0.25, -0.2) is 4.98 Å². The molecule has 0 saturated heterocycles. The molecule has 0 aliphatic heterocycles. The molecule has 13 unspecified atom stereocenters. The van der Waals surface area contributed by atoms with Crippen LogP contribution in [0, 0.1) is 63.6 Å². The number of nitrogens with one attached hydrogen (secondary N) is 1. The molecule has 6 aliphatic rings. The fourth-order valence-corrected chi connectivity index (χ4v) is 14.8. The number of allylic oxidation sites excluding steroid dienone is 2. The van der Waals surface area contributed by atoms with Crippen molar-refractivity contribution in [1.82, 2.24) is 19.8 Å². The lowest BCUT2D eigenvalue weighted by Crippen LogP contribution is -2.65. The summed E-state index contributed by atoms with van der Waals surface area (Å²) in [7, 11) is 4.19. The van der Waals surface area contributed by atoms with Gasteiger partial charge in [-0.3, -0.25) is 9.59 Å². The first kappa shape index (κ1) is 47.3. The molecule has 9 nitrogen and oxygen atoms in total. The van der Waals surface area contributed by atoms with Crippen LogP contribution in [-0.4, -0.2) is 59.1 Å². The van der Waals surface area contributed by atoms with Crippen LogP contribution >= 0.6 is 0 Å². The molecule has 6 saturated carbocycles. The number of esters is 1. The van der Waals surface area contributed by atoms with Crippen molar-refractivity contribution in [2.45, 2.75) is 137 Å². The molecule has 9 rings (SSSR count). The maximum Gasteiger partial charge on any atom is 0.309 e. The van der Waals surface area contributed by atoms with Crippen LogP contribution < -0.4 is 11.1 Å². The Labute approximate surface area is 390 Å². The smallest absolute Gasteiger partial charge is 0.309 e. The van der Waals surface area contributed by atoms with Crippen molar-refractivity contribution in [2.24, 2.45) is 69.3 Å². The topological polar surface area (TPSA) is 112 Å². The molecule has 0 spiro atoms. The highest BCUT2D eigenvalue weighted by molar-refractivity contribution is 5.83. The number of amides is 1. The van der Waals surface area contributed by atoms with Gasteiger partial charge >= 0.3 is 5.97 Å². The highest BCUT2D eigenvalue weighted by Crippen LogP contribution is 2.71. The van der Waals surface area contributed by atoms with E-state index in [0.29, 0.717) is 42.7 Å². The molecular weight excluding hydrogens is 807 g/mol. The van der Waals surface area contributed by atoms with E-state index in [-0.39, 0.29) is 58.0 Å². The summed E-state index contributed by atoms with van der Waals surface area (Å²) >= 11 is 0. The molecule has 1 heterocycles. The van der Waals surface area contributed by atoms with E-state index in [2.05, 4.69) is 105 Å². The van der Waals surface area contributed by atoms with Crippen LogP contribution in [0.4, 0.5) is 0 Å². The monoisotopic (exact) mass is 886 g/mol. The molecule has 65 heavy (non-hydrogen) atoms. The highest BCUT2D eigenvalue weighted by atomic mass is 16.5. The number of imidazole rings is 1. The molecule has 0 radical (unpaired) electrons. The third-order valence-corrected chi connectivity index (χ3v) is 18.3. The van der Waals surface area contributed by atoms with Gasteiger partial charge in [-0.1, -0.05) is 101 Å². The number of likely N-dealkylation sites (N-methyl/N-ethyl adjacent to an activating group) is 1. The average molecular weight is 886 g/mol. The van der Waals surface area contributed by atoms with Crippen molar-refractivity contribution >= 4 is 11.9 Å². The number of carbonyl (C=O) groups excluding carboxylic acids is 2. The van der Waals surface area contributed by atoms with Gasteiger partial charge in [0.2, 0.25) is 5.91 Å². The molecule has 352 valence electrons. The third-order valence-electron chi connectivity index (χ3n) is 18.3. The molecule has 6 aliphatic carbocycles. The van der Waals surface area contributed by atoms with Crippen molar-refractivity contribution in [3.63, 3.8) is 0 Å². The van der Waals surface area contributed by atoms with Crippen molar-refractivity contribution < 1.29 is 19.1 Å². The van der Waals surface area contributed by atoms with Gasteiger partial charge in [0, 0.05) is 36.8 Å². The SMILES string of the molecule is C=C(OCc1ccccc1)C1CC(C(=O)OC2CCC3(C)C(CCC4(C)C5CCC6(C(=O)NCc7nc(-c8ccccc8)cn7CCN(C)C)CCCC6C5CCC34)C2N)C1C.C=CC. The largest absolute Gasteiger partial charge is 0.494 e. The van der Waals surface area contributed by atoms with Gasteiger partial charge in [-0.15, -0.1) is 6.58 Å². The fourth-order valence-electron chi connectivity index (χ4n) is 14.8. The maximum absolute atomic E-state index is 14.6. The van der Waals surface area contributed by atoms with Gasteiger partial charge in [0.1, 0.15) is 18.5 Å². The second-order valence-corrected chi connectivity index (χ2v) is 21.9. The Balaban J connectivity index is 0.00000187. The summed E-state index contributed by atoms with van der Waals surface area (Å²) in [4.78, 5) is 35.6. The zero-order valence-electron chi connectivity index (χ0n) is 40.5. The minimum atomic E-state index is -0.278. The zero-order chi connectivity index (χ0) is 46.1. The van der Waals surface area contributed by atoms with E-state index in [9.17, 15) is 9.59 Å². The first-order valence-electron chi connectivity index (χ1n) is 25.2. The minimum Gasteiger partial charge on any atom is -0.494 e. The summed E-state index contributed by atoms with van der Waals surface area (Å²) in [6, 6.07) is 20.4. The molecule has 9 heteroatoms. The fraction of sp³-hybridized carbons (Fsp3) is 0.625. The van der Waals surface area contributed by atoms with Crippen LogP contribution in [0.2, 0.25) is 0 Å². The van der Waals surface area contributed by atoms with Crippen molar-refractivity contribution in [3.8, 4) is 11.3 Å². The second kappa shape index (κ2) is 19.6. The van der Waals surface area contributed by atoms with Crippen LogP contribution in [0.3, 0.4) is 0 Å². The number of hydrogen-bond donors (Lipinski definition) is 2. The third kappa shape index (κ3) is 9.02. The molecule has 0 bridgehead atoms. The van der Waals surface area contributed by atoms with Crippen molar-refractivity contribution in [1.29, 1.82) is 0 Å². The number of benzene rings is 2. The van der Waals surface area contributed by atoms with Gasteiger partial charge in [0.15, 0.2) is 0 Å². The second-order valence-electron chi connectivity index (χ2n) is 21.9. The van der Waals surface area contributed by atoms with Crippen molar-refractivity contribution in [3.05, 3.63) is 103 Å². The summed E-state index contributed by atoms with van der Waals surface area (Å²) in [6.07, 6.45) is 16.4. The lowest BCUT2D eigenvalue weighted by molar-refractivity contribution is -0.197. The van der Waals surface area contributed by atoms with E-state index in [1.54, 1.807) is 6.08 Å². The summed E-state index contributed by atoms with van der Waals surface area (Å²) in [5.41, 5.74) is 10.5. The summed E-state index contributed by atoms with van der Waals surface area (Å²) in [6.45, 7) is 19.5. The lowest BCUT2D eigenvalue weighted by atomic mass is 9.38. The van der Waals surface area contributed by atoms with Crippen LogP contribution in [0.5, 0.6) is 0 Å². The highest BCUT2D eigenvalue weighted by Gasteiger charge is 2.66. The maximum atomic E-state index is 14.6. The number of aromatic nitrogens is 2. The number of rotatable bonds is 13. The van der Waals surface area contributed by atoms with E-state index in [0.717, 1.165) is 99.3 Å². The predicted octanol–water partition coefficient (Wildman–Crippen LogP) is 10.6. The Morgan fingerprint density at radius 2 is 1.58 bits per heavy atom. The van der Waals surface area contributed by atoms with E-state index >= 15 is 0 Å². The van der Waals surface area contributed by atoms with Crippen LogP contribution in [0.25, 0.3) is 11.3 Å². The number of hydrogen-bond acceptors (Lipinski definition) is 7. The normalized spacial score (nSPS) is 35.7. The predicted molar refractivity (Wildman–Crippen MR) is 260 cm³/mol. The van der Waals surface area contributed by atoms with E-state index in [4.69, 9.17) is 20.2 Å². The van der Waals surface area contributed by atoms with E-state index in [1.807, 2.05) is 31.2 Å². The van der Waals surface area contributed by atoms with Gasteiger partial charge in [0.25, 0.3) is 0 Å². The molecule has 2 aromatic carbocycles. The average Bonchev–Trinajstić information content (AvgIpc) is 3.94. The Morgan fingerprint density at radius 3 is 2.29 bits per heavy atom. The Hall–Kier alpha value is -4.21. The van der Waals surface area contributed by atoms with Crippen LogP contribution in [-0.2, 0) is 38.8 Å². The number of nitrogens with zero attached hydrogens (tertiary/aromatic N) is 3. The standard InChI is InChI=1S/C53H73N5O4.C3H6/c1-34-39(35(2)61-33-36-14-9-7-10-15-36)30-40(34)49(59)62-45-23-26-52(4)43(48(45)54)21-25-51(3)41-22-27-53(24-13-18-42(53)38(41)19-20-46(51)52)50(60)55-31-47-56-44(37-16-11-8-12-17-37)32-58(47)29-28-57(5)6;1-3-2/h7-12,14-17,32,34,38-43,45-46,48H,2,13,18-31,33,54H2,1,3-6H3,(H,55,60);3H,1H2,2H3. The van der Waals surface area contributed by atoms with E-state index in [1.165, 1.54) is 19.3 Å². The molecule has 1 amide bonds. The first-order valence-corrected chi connectivity index (χ1v) is 25.2. The van der Waals surface area contributed by atoms with Crippen molar-refractivity contribution in [2.75, 3.05) is 20.6 Å². The summed E-state index contributed by atoms with van der Waals surface area (Å²) < 4.78 is 14.7. The molecule has 13 atom stereocenters. The Bertz CT molecular complexity index is 2140. The van der Waals surface area contributed by atoms with Gasteiger partial charge in [-0.05, 0) is 144 Å². The molecule has 3 aromatic rings. The Kier molecular flexibility index (Phi) is 14.2. The van der Waals surface area contributed by atoms with E-state index < -0.39 is 0 Å². The van der Waals surface area contributed by atoms with Gasteiger partial charge in [0.05, 0.1) is 29.3 Å². The van der Waals surface area contributed by atoms with Gasteiger partial charge < -0.3 is 30.0 Å².